The van der Waals surface area contributed by atoms with Gasteiger partial charge in [-0.3, -0.25) is 10.3 Å². The van der Waals surface area contributed by atoms with E-state index in [9.17, 15) is 0 Å². The fourth-order valence-electron chi connectivity index (χ4n) is 2.69. The number of allylic oxidation sites excluding steroid dienone is 1. The molecule has 0 bridgehead atoms. The van der Waals surface area contributed by atoms with Crippen LogP contribution in [-0.4, -0.2) is 13.2 Å². The third-order valence-electron chi connectivity index (χ3n) is 3.87. The summed E-state index contributed by atoms with van der Waals surface area (Å²) in [5, 5.41) is 0. The summed E-state index contributed by atoms with van der Waals surface area (Å²) < 4.78 is 5.39. The van der Waals surface area contributed by atoms with Crippen LogP contribution in [0.3, 0.4) is 0 Å². The number of aryl methyl sites for hydroxylation is 1. The van der Waals surface area contributed by atoms with Crippen molar-refractivity contribution >= 4 is 0 Å². The first kappa shape index (κ1) is 14.7. The maximum Gasteiger partial charge on any atom is 0.122 e. The fraction of sp³-hybridized carbons (Fsp3) is 0.263. The lowest BCUT2D eigenvalue weighted by atomic mass is 10.0. The third-order valence-corrected chi connectivity index (χ3v) is 3.87. The fourth-order valence-corrected chi connectivity index (χ4v) is 2.69. The second kappa shape index (κ2) is 7.14. The molecule has 0 spiro atoms. The Morgan fingerprint density at radius 3 is 2.59 bits per heavy atom. The van der Waals surface area contributed by atoms with Crippen molar-refractivity contribution < 1.29 is 9.57 Å². The minimum absolute atomic E-state index is 0.0575. The van der Waals surface area contributed by atoms with Gasteiger partial charge in [0.2, 0.25) is 0 Å². The lowest BCUT2D eigenvalue weighted by Crippen LogP contribution is -2.15. The van der Waals surface area contributed by atoms with Gasteiger partial charge in [-0.05, 0) is 36.1 Å². The van der Waals surface area contributed by atoms with Crippen LogP contribution < -0.4 is 10.2 Å². The van der Waals surface area contributed by atoms with Crippen LogP contribution >= 0.6 is 0 Å². The van der Waals surface area contributed by atoms with Crippen molar-refractivity contribution in [2.24, 2.45) is 0 Å². The summed E-state index contributed by atoms with van der Waals surface area (Å²) in [6.45, 7) is 0. The average Bonchev–Trinajstić information content (AvgIpc) is 3.02. The largest absolute Gasteiger partial charge is 0.496 e. The number of ether oxygens (including phenoxy) is 1. The molecule has 0 saturated carbocycles. The molecule has 0 saturated heterocycles. The standard InChI is InChI=1S/C19H21NO2/c1-21-19-10-6-5-9-16(19)13-18-14-17(20-22-18)12-11-15-7-3-2-4-8-15/h2-10,14,18,20H,11-13H2,1H3. The van der Waals surface area contributed by atoms with Gasteiger partial charge in [-0.15, -0.1) is 0 Å². The van der Waals surface area contributed by atoms with Gasteiger partial charge in [-0.1, -0.05) is 48.5 Å². The van der Waals surface area contributed by atoms with Crippen molar-refractivity contribution in [3.63, 3.8) is 0 Å². The van der Waals surface area contributed by atoms with E-state index in [2.05, 4.69) is 41.9 Å². The average molecular weight is 295 g/mol. The van der Waals surface area contributed by atoms with Crippen LogP contribution in [-0.2, 0) is 17.7 Å². The number of hydrogen-bond donors (Lipinski definition) is 1. The van der Waals surface area contributed by atoms with Crippen LogP contribution in [0.15, 0.2) is 66.4 Å². The molecule has 1 aliphatic rings. The predicted octanol–water partition coefficient (Wildman–Crippen LogP) is 3.66. The molecule has 22 heavy (non-hydrogen) atoms. The molecule has 0 aliphatic carbocycles. The molecule has 3 rings (SSSR count). The Morgan fingerprint density at radius 1 is 1.00 bits per heavy atom. The molecule has 1 heterocycles. The molecule has 114 valence electrons. The van der Waals surface area contributed by atoms with Crippen LogP contribution in [0.5, 0.6) is 5.75 Å². The number of hydrogen-bond acceptors (Lipinski definition) is 3. The summed E-state index contributed by atoms with van der Waals surface area (Å²) in [5.41, 5.74) is 6.72. The zero-order valence-electron chi connectivity index (χ0n) is 12.8. The van der Waals surface area contributed by atoms with Crippen LogP contribution in [0.4, 0.5) is 0 Å². The summed E-state index contributed by atoms with van der Waals surface area (Å²) in [7, 11) is 1.70. The molecular weight excluding hydrogens is 274 g/mol. The molecule has 3 heteroatoms. The third kappa shape index (κ3) is 3.68. The highest BCUT2D eigenvalue weighted by molar-refractivity contribution is 5.34. The second-order valence-corrected chi connectivity index (χ2v) is 5.45. The van der Waals surface area contributed by atoms with Gasteiger partial charge >= 0.3 is 0 Å². The van der Waals surface area contributed by atoms with Crippen molar-refractivity contribution in [2.45, 2.75) is 25.4 Å². The molecule has 0 amide bonds. The first-order valence-electron chi connectivity index (χ1n) is 7.63. The summed E-state index contributed by atoms with van der Waals surface area (Å²) in [4.78, 5) is 5.66. The maximum absolute atomic E-state index is 5.66. The number of para-hydroxylation sites is 1. The topological polar surface area (TPSA) is 30.5 Å². The summed E-state index contributed by atoms with van der Waals surface area (Å²) in [5.74, 6) is 0.914. The van der Waals surface area contributed by atoms with Gasteiger partial charge in [0.25, 0.3) is 0 Å². The minimum Gasteiger partial charge on any atom is -0.496 e. The smallest absolute Gasteiger partial charge is 0.122 e. The molecule has 3 nitrogen and oxygen atoms in total. The van der Waals surface area contributed by atoms with Gasteiger partial charge in [-0.2, -0.15) is 0 Å². The number of hydroxylamine groups is 1. The second-order valence-electron chi connectivity index (χ2n) is 5.45. The lowest BCUT2D eigenvalue weighted by Gasteiger charge is -2.11. The maximum atomic E-state index is 5.66. The van der Waals surface area contributed by atoms with E-state index in [1.54, 1.807) is 7.11 Å². The zero-order chi connectivity index (χ0) is 15.2. The number of rotatable bonds is 6. The van der Waals surface area contributed by atoms with E-state index >= 15 is 0 Å². The Labute approximate surface area is 131 Å². The Kier molecular flexibility index (Phi) is 4.76. The van der Waals surface area contributed by atoms with Gasteiger partial charge in [0.05, 0.1) is 7.11 Å². The Hall–Kier alpha value is -2.26. The van der Waals surface area contributed by atoms with Gasteiger partial charge in [-0.25, -0.2) is 0 Å². The van der Waals surface area contributed by atoms with E-state index in [1.165, 1.54) is 5.56 Å². The molecular formula is C19H21NO2. The SMILES string of the molecule is COc1ccccc1CC1C=C(CCc2ccccc2)NO1. The van der Waals surface area contributed by atoms with Gasteiger partial charge in [0, 0.05) is 12.1 Å². The van der Waals surface area contributed by atoms with E-state index in [1.807, 2.05) is 24.3 Å². The van der Waals surface area contributed by atoms with Crippen molar-refractivity contribution in [3.8, 4) is 5.75 Å². The molecule has 0 radical (unpaired) electrons. The van der Waals surface area contributed by atoms with E-state index in [0.29, 0.717) is 0 Å². The number of nitrogens with one attached hydrogen (secondary N) is 1. The Morgan fingerprint density at radius 2 is 1.77 bits per heavy atom. The molecule has 1 unspecified atom stereocenters. The lowest BCUT2D eigenvalue weighted by molar-refractivity contribution is 0.0415. The van der Waals surface area contributed by atoms with Crippen LogP contribution in [0.1, 0.15) is 17.5 Å². The van der Waals surface area contributed by atoms with Crippen LogP contribution in [0.25, 0.3) is 0 Å². The van der Waals surface area contributed by atoms with E-state index < -0.39 is 0 Å². The van der Waals surface area contributed by atoms with Crippen molar-refractivity contribution in [3.05, 3.63) is 77.5 Å². The Bertz CT molecular complexity index is 637. The highest BCUT2D eigenvalue weighted by Crippen LogP contribution is 2.22. The highest BCUT2D eigenvalue weighted by Gasteiger charge is 2.18. The van der Waals surface area contributed by atoms with E-state index in [-0.39, 0.29) is 6.10 Å². The molecule has 1 aliphatic heterocycles. The first-order valence-corrected chi connectivity index (χ1v) is 7.63. The molecule has 2 aromatic rings. The Balaban J connectivity index is 1.57. The highest BCUT2D eigenvalue weighted by atomic mass is 16.7. The van der Waals surface area contributed by atoms with Crippen molar-refractivity contribution in [1.82, 2.24) is 5.48 Å². The monoisotopic (exact) mass is 295 g/mol. The summed E-state index contributed by atoms with van der Waals surface area (Å²) in [6, 6.07) is 18.6. The number of methoxy groups -OCH3 is 1. The first-order chi connectivity index (χ1) is 10.8. The molecule has 0 fully saturated rings. The number of benzene rings is 2. The molecule has 0 aromatic heterocycles. The quantitative estimate of drug-likeness (QED) is 0.882. The van der Waals surface area contributed by atoms with E-state index in [4.69, 9.17) is 9.57 Å². The minimum atomic E-state index is 0.0575. The summed E-state index contributed by atoms with van der Waals surface area (Å²) in [6.07, 6.45) is 5.03. The van der Waals surface area contributed by atoms with Crippen molar-refractivity contribution in [2.75, 3.05) is 7.11 Å². The molecule has 1 N–H and O–H groups in total. The van der Waals surface area contributed by atoms with Gasteiger partial charge in [0.15, 0.2) is 0 Å². The predicted molar refractivity (Wildman–Crippen MR) is 87.6 cm³/mol. The van der Waals surface area contributed by atoms with Crippen LogP contribution in [0, 0.1) is 0 Å². The van der Waals surface area contributed by atoms with Gasteiger partial charge < -0.3 is 4.74 Å². The normalized spacial score (nSPS) is 17.0. The van der Waals surface area contributed by atoms with E-state index in [0.717, 1.165) is 36.3 Å². The summed E-state index contributed by atoms with van der Waals surface area (Å²) >= 11 is 0. The molecule has 2 aromatic carbocycles. The van der Waals surface area contributed by atoms with Crippen molar-refractivity contribution in [1.29, 1.82) is 0 Å². The zero-order valence-corrected chi connectivity index (χ0v) is 12.8. The molecule has 1 atom stereocenters. The van der Waals surface area contributed by atoms with Gasteiger partial charge in [0.1, 0.15) is 11.9 Å². The van der Waals surface area contributed by atoms with Crippen LogP contribution in [0.2, 0.25) is 0 Å².